The molecule has 3 rings (SSSR count). The summed E-state index contributed by atoms with van der Waals surface area (Å²) in [6.45, 7) is 0. The largest absolute Gasteiger partial charge is 0.268 e. The van der Waals surface area contributed by atoms with Gasteiger partial charge in [-0.1, -0.05) is 23.7 Å². The number of carbonyl (C=O) groups is 1. The lowest BCUT2D eigenvalue weighted by atomic mass is 10.2. The second kappa shape index (κ2) is 6.38. The zero-order valence-corrected chi connectivity index (χ0v) is 13.6. The molecule has 0 unspecified atom stereocenters. The highest BCUT2D eigenvalue weighted by Crippen LogP contribution is 2.15. The van der Waals surface area contributed by atoms with Crippen molar-refractivity contribution in [1.29, 1.82) is 0 Å². The molecule has 0 aliphatic heterocycles. The van der Waals surface area contributed by atoms with Crippen LogP contribution in [0.3, 0.4) is 0 Å². The molecule has 0 spiro atoms. The molecule has 1 N–H and O–H groups in total. The number of amides is 1. The average Bonchev–Trinajstić information content (AvgIpc) is 3.09. The molecule has 1 aromatic heterocycles. The first-order chi connectivity index (χ1) is 11.5. The van der Waals surface area contributed by atoms with E-state index in [4.69, 9.17) is 11.6 Å². The fraction of sp³-hybridized carbons (Fsp3) is 0. The number of rotatable bonds is 4. The highest BCUT2D eigenvalue weighted by atomic mass is 35.5. The third-order valence-electron chi connectivity index (χ3n) is 3.06. The third-order valence-corrected chi connectivity index (χ3v) is 4.62. The van der Waals surface area contributed by atoms with Crippen LogP contribution in [0.5, 0.6) is 0 Å². The van der Waals surface area contributed by atoms with E-state index in [0.717, 1.165) is 0 Å². The van der Waals surface area contributed by atoms with Crippen molar-refractivity contribution in [2.75, 3.05) is 0 Å². The van der Waals surface area contributed by atoms with Crippen molar-refractivity contribution in [3.05, 3.63) is 65.4 Å². The first-order valence-corrected chi connectivity index (χ1v) is 8.48. The second-order valence-corrected chi connectivity index (χ2v) is 6.82. The summed E-state index contributed by atoms with van der Waals surface area (Å²) in [6.07, 6.45) is 1.33. The number of tetrazole rings is 1. The van der Waals surface area contributed by atoms with Gasteiger partial charge < -0.3 is 0 Å². The van der Waals surface area contributed by atoms with Gasteiger partial charge in [-0.3, -0.25) is 4.79 Å². The van der Waals surface area contributed by atoms with Crippen LogP contribution in [0.2, 0.25) is 5.02 Å². The molecule has 0 saturated carbocycles. The number of carbonyl (C=O) groups excluding carboxylic acids is 1. The van der Waals surface area contributed by atoms with Crippen molar-refractivity contribution in [2.24, 2.45) is 0 Å². The Morgan fingerprint density at radius 1 is 1.12 bits per heavy atom. The second-order valence-electron chi connectivity index (χ2n) is 4.70. The Morgan fingerprint density at radius 2 is 1.92 bits per heavy atom. The molecule has 122 valence electrons. The van der Waals surface area contributed by atoms with Crippen LogP contribution in [0.25, 0.3) is 5.69 Å². The lowest BCUT2D eigenvalue weighted by molar-refractivity contribution is 0.0981. The fourth-order valence-electron chi connectivity index (χ4n) is 1.94. The summed E-state index contributed by atoms with van der Waals surface area (Å²) in [4.78, 5) is 12.0. The molecular weight excluding hydrogens is 354 g/mol. The van der Waals surface area contributed by atoms with Crippen LogP contribution in [-0.4, -0.2) is 34.5 Å². The summed E-state index contributed by atoms with van der Waals surface area (Å²) in [5, 5.41) is 11.0. The maximum atomic E-state index is 12.4. The normalized spacial score (nSPS) is 11.2. The van der Waals surface area contributed by atoms with E-state index in [1.165, 1.54) is 41.3 Å². The molecule has 1 amide bonds. The van der Waals surface area contributed by atoms with Crippen molar-refractivity contribution < 1.29 is 13.2 Å². The Hall–Kier alpha value is -2.78. The third kappa shape index (κ3) is 3.42. The van der Waals surface area contributed by atoms with E-state index in [9.17, 15) is 13.2 Å². The van der Waals surface area contributed by atoms with Gasteiger partial charge >= 0.3 is 0 Å². The Balaban J connectivity index is 1.88. The predicted molar refractivity (Wildman–Crippen MR) is 85.3 cm³/mol. The minimum absolute atomic E-state index is 0.0918. The SMILES string of the molecule is O=C(NS(=O)(=O)c1cccc(-n2cnnn2)c1)c1cccc(Cl)c1. The molecule has 0 saturated heterocycles. The Morgan fingerprint density at radius 3 is 2.62 bits per heavy atom. The van der Waals surface area contributed by atoms with Gasteiger partial charge in [0.1, 0.15) is 6.33 Å². The van der Waals surface area contributed by atoms with Crippen molar-refractivity contribution >= 4 is 27.5 Å². The Labute approximate surface area is 142 Å². The zero-order chi connectivity index (χ0) is 17.2. The van der Waals surface area contributed by atoms with Gasteiger partial charge in [-0.05, 0) is 46.8 Å². The monoisotopic (exact) mass is 363 g/mol. The molecule has 10 heteroatoms. The van der Waals surface area contributed by atoms with Crippen LogP contribution in [0.1, 0.15) is 10.4 Å². The molecular formula is C14H10ClN5O3S. The number of sulfonamides is 1. The average molecular weight is 364 g/mol. The van der Waals surface area contributed by atoms with Gasteiger partial charge in [0, 0.05) is 10.6 Å². The van der Waals surface area contributed by atoms with Gasteiger partial charge in [-0.15, -0.1) is 5.10 Å². The van der Waals surface area contributed by atoms with Crippen LogP contribution < -0.4 is 4.72 Å². The van der Waals surface area contributed by atoms with Gasteiger partial charge in [-0.2, -0.15) is 0 Å². The maximum Gasteiger partial charge on any atom is 0.265 e. The van der Waals surface area contributed by atoms with E-state index in [0.29, 0.717) is 10.7 Å². The highest BCUT2D eigenvalue weighted by molar-refractivity contribution is 7.90. The summed E-state index contributed by atoms with van der Waals surface area (Å²) < 4.78 is 28.1. The Kier molecular flexibility index (Phi) is 4.28. The van der Waals surface area contributed by atoms with E-state index in [1.54, 1.807) is 18.2 Å². The standard InChI is InChI=1S/C14H10ClN5O3S/c15-11-4-1-3-10(7-11)14(21)17-24(22,23)13-6-2-5-12(8-13)20-9-16-18-19-20/h1-9H,(H,17,21). The van der Waals surface area contributed by atoms with Gasteiger partial charge in [0.25, 0.3) is 15.9 Å². The summed E-state index contributed by atoms with van der Waals surface area (Å²) in [5.41, 5.74) is 0.584. The molecule has 8 nitrogen and oxygen atoms in total. The number of nitrogens with zero attached hydrogens (tertiary/aromatic N) is 4. The minimum atomic E-state index is -4.06. The molecule has 0 atom stereocenters. The van der Waals surface area contributed by atoms with E-state index in [1.807, 2.05) is 4.72 Å². The molecule has 1 heterocycles. The van der Waals surface area contributed by atoms with Crippen LogP contribution in [0, 0.1) is 0 Å². The smallest absolute Gasteiger partial charge is 0.265 e. The van der Waals surface area contributed by atoms with E-state index in [-0.39, 0.29) is 10.5 Å². The van der Waals surface area contributed by atoms with Crippen LogP contribution in [0.4, 0.5) is 0 Å². The van der Waals surface area contributed by atoms with Crippen molar-refractivity contribution in [3.8, 4) is 5.69 Å². The summed E-state index contributed by atoms with van der Waals surface area (Å²) in [6, 6.07) is 11.9. The number of nitrogens with one attached hydrogen (secondary N) is 1. The van der Waals surface area contributed by atoms with Crippen molar-refractivity contribution in [3.63, 3.8) is 0 Å². The van der Waals surface area contributed by atoms with E-state index in [2.05, 4.69) is 15.5 Å². The lowest BCUT2D eigenvalue weighted by Gasteiger charge is -2.08. The summed E-state index contributed by atoms with van der Waals surface area (Å²) in [7, 11) is -4.06. The number of hydrogen-bond donors (Lipinski definition) is 1. The Bertz CT molecular complexity index is 989. The zero-order valence-electron chi connectivity index (χ0n) is 12.0. The summed E-state index contributed by atoms with van der Waals surface area (Å²) in [5.74, 6) is -0.773. The lowest BCUT2D eigenvalue weighted by Crippen LogP contribution is -2.30. The topological polar surface area (TPSA) is 107 Å². The molecule has 0 bridgehead atoms. The van der Waals surface area contributed by atoms with Crippen LogP contribution in [0.15, 0.2) is 59.8 Å². The van der Waals surface area contributed by atoms with Crippen molar-refractivity contribution in [2.45, 2.75) is 4.90 Å². The van der Waals surface area contributed by atoms with Gasteiger partial charge in [0.05, 0.1) is 10.6 Å². The molecule has 3 aromatic rings. The van der Waals surface area contributed by atoms with Crippen LogP contribution in [-0.2, 0) is 10.0 Å². The quantitative estimate of drug-likeness (QED) is 0.751. The molecule has 0 fully saturated rings. The molecule has 24 heavy (non-hydrogen) atoms. The number of benzene rings is 2. The van der Waals surface area contributed by atoms with Crippen LogP contribution >= 0.6 is 11.6 Å². The summed E-state index contributed by atoms with van der Waals surface area (Å²) >= 11 is 5.80. The maximum absolute atomic E-state index is 12.4. The van der Waals surface area contributed by atoms with Crippen molar-refractivity contribution in [1.82, 2.24) is 24.9 Å². The molecule has 0 aliphatic carbocycles. The first kappa shape index (κ1) is 16.1. The first-order valence-electron chi connectivity index (χ1n) is 6.62. The molecule has 0 radical (unpaired) electrons. The highest BCUT2D eigenvalue weighted by Gasteiger charge is 2.19. The van der Waals surface area contributed by atoms with Gasteiger partial charge in [0.2, 0.25) is 0 Å². The number of halogens is 1. The number of hydrogen-bond acceptors (Lipinski definition) is 6. The van der Waals surface area contributed by atoms with Gasteiger partial charge in [0.15, 0.2) is 0 Å². The fourth-order valence-corrected chi connectivity index (χ4v) is 3.15. The molecule has 2 aromatic carbocycles. The predicted octanol–water partition coefficient (Wildman–Crippen LogP) is 1.43. The minimum Gasteiger partial charge on any atom is -0.268 e. The van der Waals surface area contributed by atoms with Gasteiger partial charge in [-0.25, -0.2) is 17.8 Å². The molecule has 0 aliphatic rings. The number of aromatic nitrogens is 4. The van der Waals surface area contributed by atoms with E-state index >= 15 is 0 Å². The van der Waals surface area contributed by atoms with E-state index < -0.39 is 15.9 Å².